The van der Waals surface area contributed by atoms with Crippen molar-refractivity contribution in [1.82, 2.24) is 0 Å². The minimum Gasteiger partial charge on any atom is -0.497 e. The van der Waals surface area contributed by atoms with Crippen molar-refractivity contribution in [3.8, 4) is 11.5 Å². The van der Waals surface area contributed by atoms with Gasteiger partial charge in [-0.25, -0.2) is 0 Å². The first-order valence-corrected chi connectivity index (χ1v) is 4.60. The number of benzene rings is 1. The number of hydrogen-bond acceptors (Lipinski definition) is 2. The van der Waals surface area contributed by atoms with Crippen LogP contribution >= 0.6 is 0 Å². The van der Waals surface area contributed by atoms with Crippen LogP contribution < -0.4 is 66.3 Å². The predicted molar refractivity (Wildman–Crippen MR) is 57.4 cm³/mol. The molecule has 1 aromatic rings. The molecule has 1 aromatic carbocycles. The van der Waals surface area contributed by atoms with Gasteiger partial charge in [0.05, 0.1) is 12.9 Å². The molecule has 0 N–H and O–H groups in total. The first-order chi connectivity index (χ1) is 7.49. The molecule has 0 bridgehead atoms. The summed E-state index contributed by atoms with van der Waals surface area (Å²) in [6.45, 7) is -1.71. The van der Waals surface area contributed by atoms with Gasteiger partial charge in [-0.2, -0.15) is 0 Å². The van der Waals surface area contributed by atoms with Crippen LogP contribution in [0.1, 0.15) is 0 Å². The Bertz CT molecular complexity index is 382. The maximum atomic E-state index is 12.7. The fourth-order valence-corrected chi connectivity index (χ4v) is 1.19. The second kappa shape index (κ2) is 7.48. The van der Waals surface area contributed by atoms with E-state index in [4.69, 9.17) is 9.47 Å². The van der Waals surface area contributed by atoms with E-state index in [0.717, 1.165) is 6.07 Å². The summed E-state index contributed by atoms with van der Waals surface area (Å²) in [4.78, 5) is 0. The van der Waals surface area contributed by atoms with E-state index in [-0.39, 0.29) is 69.5 Å². The van der Waals surface area contributed by atoms with Crippen molar-refractivity contribution < 1.29 is 73.8 Å². The van der Waals surface area contributed by atoms with Gasteiger partial charge >= 0.3 is 58.4 Å². The number of ether oxygens (including phenoxy) is 2. The zero-order valence-corrected chi connectivity index (χ0v) is 12.9. The summed E-state index contributed by atoms with van der Waals surface area (Å²) in [5, 5.41) is 0. The fourth-order valence-electron chi connectivity index (χ4n) is 1.19. The van der Waals surface area contributed by atoms with E-state index in [2.05, 4.69) is 6.58 Å². The Morgan fingerprint density at radius 3 is 2.47 bits per heavy atom. The molecule has 0 heterocycles. The Morgan fingerprint density at radius 2 is 2.00 bits per heavy atom. The van der Waals surface area contributed by atoms with Gasteiger partial charge in [0.1, 0.15) is 12.4 Å². The van der Waals surface area contributed by atoms with E-state index in [1.807, 2.05) is 0 Å². The molecule has 17 heavy (non-hydrogen) atoms. The summed E-state index contributed by atoms with van der Waals surface area (Å²) in [6, 6.07) is 3.59. The minimum atomic E-state index is -5.12. The second-order valence-electron chi connectivity index (χ2n) is 3.08. The van der Waals surface area contributed by atoms with Gasteiger partial charge in [-0.05, 0) is 18.2 Å². The molecule has 88 valence electrons. The van der Waals surface area contributed by atoms with Crippen LogP contribution in [0.2, 0.25) is 0 Å². The molecule has 0 fully saturated rings. The van der Waals surface area contributed by atoms with Crippen molar-refractivity contribution in [2.24, 2.45) is 0 Å². The number of methoxy groups -OCH3 is 1. The molecule has 0 saturated carbocycles. The van der Waals surface area contributed by atoms with Gasteiger partial charge < -0.3 is 22.4 Å². The van der Waals surface area contributed by atoms with Crippen LogP contribution in [-0.2, 0) is 0 Å². The Kier molecular flexibility index (Phi) is 7.50. The van der Waals surface area contributed by atoms with Crippen molar-refractivity contribution >= 4 is 12.4 Å². The molecule has 0 atom stereocenters. The van der Waals surface area contributed by atoms with Gasteiger partial charge in [-0.15, -0.1) is 0 Å². The van der Waals surface area contributed by atoms with Crippen molar-refractivity contribution in [3.63, 3.8) is 0 Å². The smallest absolute Gasteiger partial charge is 0.497 e. The molecule has 0 spiro atoms. The fraction of sp³-hybridized carbons (Fsp3) is 0.200. The van der Waals surface area contributed by atoms with Gasteiger partial charge in [0.2, 0.25) is 0 Å². The Balaban J connectivity index is 0.00000256. The van der Waals surface area contributed by atoms with Gasteiger partial charge in [0.25, 0.3) is 0 Å². The predicted octanol–water partition coefficient (Wildman–Crippen LogP) is -0.682. The van der Waals surface area contributed by atoms with Crippen LogP contribution in [0.3, 0.4) is 0 Å². The average molecular weight is 270 g/mol. The largest absolute Gasteiger partial charge is 1.00 e. The van der Waals surface area contributed by atoms with Crippen LogP contribution in [0, 0.1) is 0 Å². The van der Waals surface area contributed by atoms with Gasteiger partial charge in [-0.1, -0.05) is 18.1 Å². The second-order valence-corrected chi connectivity index (χ2v) is 3.08. The summed E-state index contributed by atoms with van der Waals surface area (Å²) in [6.07, 6.45) is 1.39. The maximum Gasteiger partial charge on any atom is 1.00 e. The number of halogens is 3. The van der Waals surface area contributed by atoms with Gasteiger partial charge in [-0.3, -0.25) is 0 Å². The third-order valence-electron chi connectivity index (χ3n) is 1.93. The summed E-state index contributed by atoms with van der Waals surface area (Å²) in [7, 11) is 1.31. The molecular weight excluding hydrogens is 259 g/mol. The van der Waals surface area contributed by atoms with Gasteiger partial charge in [0, 0.05) is 0 Å². The van der Waals surface area contributed by atoms with E-state index in [1.165, 1.54) is 25.3 Å². The van der Waals surface area contributed by atoms with Crippen molar-refractivity contribution in [2.45, 2.75) is 0 Å². The SMILES string of the molecule is C=CCOc1ccc(OC)cc1[B-](F)(F)F.[K+]. The van der Waals surface area contributed by atoms with Crippen molar-refractivity contribution in [2.75, 3.05) is 13.7 Å². The van der Waals surface area contributed by atoms with E-state index < -0.39 is 12.4 Å². The minimum absolute atomic E-state index is 0. The molecule has 0 saturated heterocycles. The van der Waals surface area contributed by atoms with Gasteiger partial charge in [0.15, 0.2) is 0 Å². The monoisotopic (exact) mass is 270 g/mol. The molecule has 0 radical (unpaired) electrons. The molecule has 0 amide bonds. The molecule has 7 heteroatoms. The van der Waals surface area contributed by atoms with E-state index in [0.29, 0.717) is 0 Å². The third kappa shape index (κ3) is 5.05. The molecule has 0 aliphatic carbocycles. The first-order valence-electron chi connectivity index (χ1n) is 4.60. The third-order valence-corrected chi connectivity index (χ3v) is 1.93. The van der Waals surface area contributed by atoms with E-state index >= 15 is 0 Å². The Labute approximate surface area is 141 Å². The van der Waals surface area contributed by atoms with Crippen LogP contribution in [0.5, 0.6) is 11.5 Å². The molecular formula is C10H11BF3KO2. The topological polar surface area (TPSA) is 18.5 Å². The first kappa shape index (κ1) is 17.1. The van der Waals surface area contributed by atoms with Crippen LogP contribution in [0.15, 0.2) is 30.9 Å². The quantitative estimate of drug-likeness (QED) is 0.521. The molecule has 0 unspecified atom stereocenters. The summed E-state index contributed by atoms with van der Waals surface area (Å²) < 4.78 is 47.8. The normalized spacial score (nSPS) is 10.4. The van der Waals surface area contributed by atoms with Crippen molar-refractivity contribution in [3.05, 3.63) is 30.9 Å². The molecule has 0 aliphatic rings. The maximum absolute atomic E-state index is 12.7. The van der Waals surface area contributed by atoms with E-state index in [1.54, 1.807) is 0 Å². The number of rotatable bonds is 5. The summed E-state index contributed by atoms with van der Waals surface area (Å²) >= 11 is 0. The van der Waals surface area contributed by atoms with Crippen LogP contribution in [-0.4, -0.2) is 20.7 Å². The zero-order valence-electron chi connectivity index (χ0n) is 9.75. The molecule has 1 rings (SSSR count). The van der Waals surface area contributed by atoms with Crippen molar-refractivity contribution in [1.29, 1.82) is 0 Å². The summed E-state index contributed by atoms with van der Waals surface area (Å²) in [5.41, 5.74) is -0.791. The Hall–Kier alpha value is 0.0513. The molecule has 0 aromatic heterocycles. The average Bonchev–Trinajstić information content (AvgIpc) is 2.25. The molecule has 0 aliphatic heterocycles. The molecule has 2 nitrogen and oxygen atoms in total. The van der Waals surface area contributed by atoms with Crippen LogP contribution in [0.25, 0.3) is 0 Å². The Morgan fingerprint density at radius 1 is 1.35 bits per heavy atom. The van der Waals surface area contributed by atoms with Crippen LogP contribution in [0.4, 0.5) is 12.9 Å². The number of hydrogen-bond donors (Lipinski definition) is 0. The van der Waals surface area contributed by atoms with E-state index in [9.17, 15) is 12.9 Å². The summed E-state index contributed by atoms with van der Waals surface area (Å²) in [5.74, 6) is -0.0478. The zero-order chi connectivity index (χ0) is 12.2. The standard InChI is InChI=1S/C10H11BF3O2.K/c1-3-6-16-10-5-4-8(15-2)7-9(10)11(12,13)14;/h3-5,7H,1,6H2,2H3;/q-1;+1.